The Bertz CT molecular complexity index is 2080. The van der Waals surface area contributed by atoms with E-state index in [1.165, 1.54) is 21.4 Å². The third-order valence-corrected chi connectivity index (χ3v) is 10.6. The Labute approximate surface area is 396 Å². The third kappa shape index (κ3) is 21.1. The Morgan fingerprint density at radius 2 is 1.10 bits per heavy atom. The number of anilines is 2. The first-order valence-corrected chi connectivity index (χ1v) is 23.0. The van der Waals surface area contributed by atoms with E-state index in [2.05, 4.69) is 25.9 Å². The first kappa shape index (κ1) is 58.5. The molecule has 23 nitrogen and oxygen atoms in total. The van der Waals surface area contributed by atoms with Gasteiger partial charge in [0, 0.05) is 55.6 Å². The lowest BCUT2D eigenvalue weighted by Crippen LogP contribution is -2.52. The maximum Gasteiger partial charge on any atom is 0.351 e. The summed E-state index contributed by atoms with van der Waals surface area (Å²) < 4.78 is 19.3. The zero-order chi connectivity index (χ0) is 51.2. The number of aliphatic carboxylic acids is 2. The summed E-state index contributed by atoms with van der Waals surface area (Å²) in [7, 11) is 0. The number of carboxylic acid groups (broad SMARTS) is 2. The lowest BCUT2D eigenvalue weighted by atomic mass is 9.97. The second-order valence-electron chi connectivity index (χ2n) is 17.9. The molecule has 0 saturated carbocycles. The van der Waals surface area contributed by atoms with Crippen molar-refractivity contribution in [2.75, 3.05) is 24.7 Å². The summed E-state index contributed by atoms with van der Waals surface area (Å²) in [4.78, 5) is 102. The molecule has 2 aliphatic heterocycles. The van der Waals surface area contributed by atoms with Crippen LogP contribution in [0.4, 0.5) is 11.6 Å². The van der Waals surface area contributed by atoms with Crippen molar-refractivity contribution >= 4 is 47.0 Å². The summed E-state index contributed by atoms with van der Waals surface area (Å²) in [5.41, 5.74) is 9.94. The number of nitrogens with zero attached hydrogens (tertiary/aromatic N) is 4. The number of amides is 1. The first-order chi connectivity index (χ1) is 31.9. The number of ketones is 2. The van der Waals surface area contributed by atoms with Crippen molar-refractivity contribution in [1.82, 2.24) is 35.1 Å². The number of carbonyl (C=O) groups excluding carboxylic acids is 4. The summed E-state index contributed by atoms with van der Waals surface area (Å²) in [5.74, 6) is -3.21. The molecule has 2 fully saturated rings. The summed E-state index contributed by atoms with van der Waals surface area (Å²) in [5, 5.41) is 35.3. The van der Waals surface area contributed by atoms with Crippen molar-refractivity contribution in [1.29, 1.82) is 0 Å². The Balaban J connectivity index is 0.000000429. The van der Waals surface area contributed by atoms with E-state index in [4.69, 9.17) is 41.0 Å². The maximum absolute atomic E-state index is 12.9. The number of hydrogen-bond acceptors (Lipinski definition) is 18. The lowest BCUT2D eigenvalue weighted by Gasteiger charge is -2.25. The topological polar surface area (TPSA) is 349 Å². The molecule has 0 radical (unpaired) electrons. The molecule has 1 amide bonds. The minimum absolute atomic E-state index is 0.0167. The fourth-order valence-electron chi connectivity index (χ4n) is 7.15. The molecule has 2 aromatic rings. The van der Waals surface area contributed by atoms with Gasteiger partial charge in [0.25, 0.3) is 0 Å². The number of aliphatic hydroxyl groups is 1. The molecule has 0 aliphatic carbocycles. The van der Waals surface area contributed by atoms with Gasteiger partial charge in [0.15, 0.2) is 11.6 Å². The van der Waals surface area contributed by atoms with Gasteiger partial charge in [-0.3, -0.25) is 37.9 Å². The molecule has 0 aromatic carbocycles. The molecule has 4 rings (SSSR count). The van der Waals surface area contributed by atoms with E-state index >= 15 is 0 Å². The van der Waals surface area contributed by atoms with E-state index in [0.29, 0.717) is 25.7 Å². The lowest BCUT2D eigenvalue weighted by molar-refractivity contribution is -0.149. The quantitative estimate of drug-likeness (QED) is 0.0694. The highest BCUT2D eigenvalue weighted by molar-refractivity contribution is 5.92. The molecule has 4 heterocycles. The Hall–Kier alpha value is -5.62. The van der Waals surface area contributed by atoms with Crippen LogP contribution >= 0.6 is 0 Å². The van der Waals surface area contributed by atoms with Gasteiger partial charge in [-0.1, -0.05) is 55.4 Å². The highest BCUT2D eigenvalue weighted by Crippen LogP contribution is 2.28. The molecule has 0 bridgehead atoms. The molecule has 10 N–H and O–H groups in total. The van der Waals surface area contributed by atoms with Crippen molar-refractivity contribution in [3.8, 4) is 0 Å². The highest BCUT2D eigenvalue weighted by atomic mass is 16.6. The predicted molar refractivity (Wildman–Crippen MR) is 249 cm³/mol. The molecule has 23 heteroatoms. The molecule has 7 atom stereocenters. The maximum atomic E-state index is 12.9. The molecule has 2 saturated heterocycles. The molecule has 3 unspecified atom stereocenters. The minimum Gasteiger partial charge on any atom is -0.481 e. The number of nitrogen functional groups attached to an aromatic ring is 2. The van der Waals surface area contributed by atoms with Crippen LogP contribution in [0, 0.1) is 11.8 Å². The Kier molecular flexibility index (Phi) is 25.2. The largest absolute Gasteiger partial charge is 0.481 e. The number of Topliss-reactive ketones (excluding diaryl/α,β-unsaturated/α-hetero) is 2. The fourth-order valence-corrected chi connectivity index (χ4v) is 7.15. The van der Waals surface area contributed by atoms with Crippen LogP contribution in [0.3, 0.4) is 0 Å². The fraction of sp³-hybridized carbons (Fsp3) is 0.689. The van der Waals surface area contributed by atoms with E-state index in [9.17, 15) is 38.4 Å². The average Bonchev–Trinajstić information content (AvgIpc) is 3.94. The number of nitrogens with two attached hydrogens (primary N) is 2. The van der Waals surface area contributed by atoms with Gasteiger partial charge < -0.3 is 56.9 Å². The number of aliphatic hydroxyl groups excluding tert-OH is 1. The van der Waals surface area contributed by atoms with Crippen LogP contribution in [-0.2, 0) is 43.0 Å². The number of carbonyl (C=O) groups is 6. The van der Waals surface area contributed by atoms with Crippen LogP contribution in [0.25, 0.3) is 0 Å². The summed E-state index contributed by atoms with van der Waals surface area (Å²) in [6, 6.07) is 1.11. The number of hydrogen-bond donors (Lipinski definition) is 8. The molecule has 382 valence electrons. The van der Waals surface area contributed by atoms with E-state index in [0.717, 1.165) is 6.42 Å². The number of esters is 1. The van der Waals surface area contributed by atoms with Crippen LogP contribution in [0.5, 0.6) is 0 Å². The second-order valence-corrected chi connectivity index (χ2v) is 17.9. The van der Waals surface area contributed by atoms with E-state index < -0.39 is 59.6 Å². The Morgan fingerprint density at radius 1 is 0.676 bits per heavy atom. The molecule has 2 aliphatic rings. The predicted octanol–water partition coefficient (Wildman–Crippen LogP) is 1.71. The van der Waals surface area contributed by atoms with Crippen LogP contribution in [0.15, 0.2) is 34.1 Å². The summed E-state index contributed by atoms with van der Waals surface area (Å²) in [6.45, 7) is 14.6. The molecule has 2 aromatic heterocycles. The number of ether oxygens (including phenoxy) is 3. The Morgan fingerprint density at radius 3 is 1.53 bits per heavy atom. The van der Waals surface area contributed by atoms with Crippen LogP contribution < -0.4 is 38.8 Å². The van der Waals surface area contributed by atoms with Gasteiger partial charge in [0.05, 0.1) is 36.9 Å². The number of carboxylic acids is 2. The molecular formula is C45H73N9O14. The van der Waals surface area contributed by atoms with Gasteiger partial charge >= 0.3 is 29.3 Å². The molecule has 0 spiro atoms. The summed E-state index contributed by atoms with van der Waals surface area (Å²) >= 11 is 0. The first-order valence-electron chi connectivity index (χ1n) is 23.0. The van der Waals surface area contributed by atoms with Gasteiger partial charge in [-0.2, -0.15) is 9.97 Å². The SMILES string of the molecule is CC(C)NC(CCC(=O)O)C(=O)C(C)C.CC(C)NC(CCC(=O)O)C(=O)NC(CCC(=O)OC[C@@H]1CC[C@H](n2ccc(N)nc2=O)O1)C(=O)C(C)C.Nc1ccn([C@H]2CC[C@@H](CO)O2)c(=O)n1. The van der Waals surface area contributed by atoms with Gasteiger partial charge in [-0.05, 0) is 57.1 Å². The normalized spacial score (nSPS) is 19.1. The van der Waals surface area contributed by atoms with Crippen LogP contribution in [0.2, 0.25) is 0 Å². The zero-order valence-corrected chi connectivity index (χ0v) is 40.4. The van der Waals surface area contributed by atoms with Crippen molar-refractivity contribution in [3.63, 3.8) is 0 Å². The van der Waals surface area contributed by atoms with E-state index in [1.807, 2.05) is 41.5 Å². The average molecular weight is 964 g/mol. The zero-order valence-electron chi connectivity index (χ0n) is 40.4. The number of aromatic nitrogens is 4. The van der Waals surface area contributed by atoms with Gasteiger partial charge in [0.1, 0.15) is 30.7 Å². The van der Waals surface area contributed by atoms with Crippen LogP contribution in [0.1, 0.15) is 132 Å². The molecular weight excluding hydrogens is 891 g/mol. The van der Waals surface area contributed by atoms with Crippen molar-refractivity contribution < 1.29 is 58.3 Å². The summed E-state index contributed by atoms with van der Waals surface area (Å²) in [6.07, 6.45) is 4.36. The van der Waals surface area contributed by atoms with E-state index in [-0.39, 0.29) is 111 Å². The second kappa shape index (κ2) is 29.3. The number of nitrogens with one attached hydrogen (secondary N) is 3. The minimum atomic E-state index is -1.03. The number of rotatable bonds is 24. The highest BCUT2D eigenvalue weighted by Gasteiger charge is 2.31. The van der Waals surface area contributed by atoms with Crippen molar-refractivity contribution in [3.05, 3.63) is 45.5 Å². The van der Waals surface area contributed by atoms with Crippen molar-refractivity contribution in [2.24, 2.45) is 11.8 Å². The monoisotopic (exact) mass is 964 g/mol. The van der Waals surface area contributed by atoms with Crippen LogP contribution in [-0.4, -0.2) is 125 Å². The smallest absolute Gasteiger partial charge is 0.351 e. The van der Waals surface area contributed by atoms with Gasteiger partial charge in [-0.15, -0.1) is 0 Å². The molecule has 68 heavy (non-hydrogen) atoms. The van der Waals surface area contributed by atoms with Crippen molar-refractivity contribution in [2.45, 2.75) is 174 Å². The van der Waals surface area contributed by atoms with E-state index in [1.54, 1.807) is 26.1 Å². The van der Waals surface area contributed by atoms with Gasteiger partial charge in [-0.25, -0.2) is 9.59 Å². The van der Waals surface area contributed by atoms with Gasteiger partial charge in [0.2, 0.25) is 5.91 Å². The third-order valence-electron chi connectivity index (χ3n) is 10.6. The standard InChI is InChI=1S/C25H39N5O8.C11H21NO3.C9H13N3O3/c1-14(2)23(34)17(28-24(35)18(27-15(3)4)6-9-21(31)32)7-10-22(33)37-13-16-5-8-20(38-16)30-12-11-19(26)29-25(30)36;1-7(2)11(15)9(12-8(3)4)5-6-10(13)14;10-7-3-4-12(9(14)11-7)8-2-1-6(5-13)15-8/h11-12,14-18,20,27H,5-10,13H2,1-4H3,(H,28,35)(H,31,32)(H2,26,29,36);7-9,12H,5-6H2,1-4H3,(H,13,14);3-4,6,8,13H,1-2,5H2,(H2,10,11,14)/t16-,17?,18?,20+;;6-,8+/m0.0/s1.